The van der Waals surface area contributed by atoms with Crippen LogP contribution in [0, 0.1) is 18.3 Å². The molecular weight excluding hydrogens is 407 g/mol. The smallest absolute Gasteiger partial charge is 0.172 e. The van der Waals surface area contributed by atoms with Gasteiger partial charge in [0.05, 0.1) is 17.3 Å². The van der Waals surface area contributed by atoms with E-state index in [1.807, 2.05) is 13.0 Å². The molecule has 0 radical (unpaired) electrons. The van der Waals surface area contributed by atoms with Gasteiger partial charge in [0.15, 0.2) is 5.75 Å². The van der Waals surface area contributed by atoms with E-state index in [9.17, 15) is 0 Å². The fourth-order valence-electron chi connectivity index (χ4n) is 2.52. The molecule has 1 aromatic heterocycles. The lowest BCUT2D eigenvalue weighted by atomic mass is 10.2. The summed E-state index contributed by atoms with van der Waals surface area (Å²) in [6.45, 7) is 2.88. The zero-order valence-electron chi connectivity index (χ0n) is 14.3. The molecule has 0 aliphatic rings. The lowest BCUT2D eigenvalue weighted by Crippen LogP contribution is -2.14. The molecule has 1 heterocycles. The Kier molecular flexibility index (Phi) is 6.25. The predicted molar refractivity (Wildman–Crippen MR) is 107 cm³/mol. The van der Waals surface area contributed by atoms with Gasteiger partial charge >= 0.3 is 0 Å². The van der Waals surface area contributed by atoms with Gasteiger partial charge in [-0.05, 0) is 42.8 Å². The number of aromatic nitrogens is 2. The highest BCUT2D eigenvalue weighted by Crippen LogP contribution is 2.30. The van der Waals surface area contributed by atoms with Crippen LogP contribution in [0.2, 0.25) is 15.1 Å². The maximum atomic E-state index is 9.07. The number of aryl methyl sites for hydroxylation is 1. The molecule has 2 N–H and O–H groups in total. The Bertz CT molecular complexity index is 1010. The summed E-state index contributed by atoms with van der Waals surface area (Å²) in [5, 5.41) is 21.2. The van der Waals surface area contributed by atoms with Crippen molar-refractivity contribution in [3.8, 4) is 17.6 Å². The van der Waals surface area contributed by atoms with Crippen molar-refractivity contribution in [1.82, 2.24) is 15.5 Å². The Balaban J connectivity index is 1.71. The van der Waals surface area contributed by atoms with E-state index < -0.39 is 0 Å². The minimum atomic E-state index is 0.427. The van der Waals surface area contributed by atoms with Gasteiger partial charge in [-0.2, -0.15) is 10.4 Å². The summed E-state index contributed by atoms with van der Waals surface area (Å²) < 4.78 is 5.93. The van der Waals surface area contributed by atoms with Gasteiger partial charge in [-0.25, -0.2) is 0 Å². The fourth-order valence-corrected chi connectivity index (χ4v) is 3.22. The molecule has 0 atom stereocenters. The van der Waals surface area contributed by atoms with Crippen LogP contribution in [0.3, 0.4) is 0 Å². The molecule has 3 rings (SSSR count). The number of aromatic amines is 1. The molecule has 138 valence electrons. The van der Waals surface area contributed by atoms with Crippen LogP contribution >= 0.6 is 34.8 Å². The number of rotatable bonds is 6. The standard InChI is InChI=1S/C19H15Cl3N4O/c1-11-19(27-16-5-12(8-23)4-15(21)6-16)18(26-25-11)10-24-9-13-2-3-14(20)7-17(13)22/h2-7,24H,9-10H2,1H3,(H,25,26). The lowest BCUT2D eigenvalue weighted by Gasteiger charge is -2.10. The average molecular weight is 422 g/mol. The van der Waals surface area contributed by atoms with E-state index in [0.717, 1.165) is 11.3 Å². The molecule has 0 aliphatic heterocycles. The fraction of sp³-hybridized carbons (Fsp3) is 0.158. The number of halogens is 3. The van der Waals surface area contributed by atoms with Crippen LogP contribution in [0.5, 0.6) is 11.5 Å². The van der Waals surface area contributed by atoms with Gasteiger partial charge in [0.2, 0.25) is 0 Å². The normalized spacial score (nSPS) is 10.6. The summed E-state index contributed by atoms with van der Waals surface area (Å²) in [6, 6.07) is 12.3. The molecule has 5 nitrogen and oxygen atoms in total. The maximum absolute atomic E-state index is 9.07. The molecule has 0 spiro atoms. The third-order valence-electron chi connectivity index (χ3n) is 3.81. The molecule has 3 aromatic rings. The van der Waals surface area contributed by atoms with Gasteiger partial charge < -0.3 is 10.1 Å². The largest absolute Gasteiger partial charge is 0.453 e. The topological polar surface area (TPSA) is 73.7 Å². The summed E-state index contributed by atoms with van der Waals surface area (Å²) in [5.74, 6) is 1.07. The highest BCUT2D eigenvalue weighted by molar-refractivity contribution is 6.35. The zero-order chi connectivity index (χ0) is 19.4. The first-order chi connectivity index (χ1) is 13.0. The minimum absolute atomic E-state index is 0.427. The van der Waals surface area contributed by atoms with E-state index in [2.05, 4.69) is 21.6 Å². The summed E-state index contributed by atoms with van der Waals surface area (Å²) in [4.78, 5) is 0. The highest BCUT2D eigenvalue weighted by atomic mass is 35.5. The highest BCUT2D eigenvalue weighted by Gasteiger charge is 2.13. The first kappa shape index (κ1) is 19.5. The van der Waals surface area contributed by atoms with E-state index in [1.54, 1.807) is 30.3 Å². The Morgan fingerprint density at radius 3 is 2.67 bits per heavy atom. The third kappa shape index (κ3) is 4.94. The van der Waals surface area contributed by atoms with E-state index >= 15 is 0 Å². The van der Waals surface area contributed by atoms with Crippen LogP contribution < -0.4 is 10.1 Å². The number of benzene rings is 2. The second-order valence-electron chi connectivity index (χ2n) is 5.85. The number of hydrogen-bond donors (Lipinski definition) is 2. The third-order valence-corrected chi connectivity index (χ3v) is 4.62. The number of nitrogens with zero attached hydrogens (tertiary/aromatic N) is 2. The van der Waals surface area contributed by atoms with Gasteiger partial charge in [-0.15, -0.1) is 0 Å². The number of nitriles is 1. The van der Waals surface area contributed by atoms with E-state index in [1.165, 1.54) is 0 Å². The van der Waals surface area contributed by atoms with Crippen molar-refractivity contribution in [2.45, 2.75) is 20.0 Å². The molecule has 0 unspecified atom stereocenters. The summed E-state index contributed by atoms with van der Waals surface area (Å²) in [5.41, 5.74) is 2.84. The van der Waals surface area contributed by atoms with Crippen molar-refractivity contribution in [2.75, 3.05) is 0 Å². The monoisotopic (exact) mass is 420 g/mol. The van der Waals surface area contributed by atoms with Gasteiger partial charge in [0.25, 0.3) is 0 Å². The van der Waals surface area contributed by atoms with Gasteiger partial charge in [0.1, 0.15) is 11.4 Å². The van der Waals surface area contributed by atoms with Crippen LogP contribution in [0.25, 0.3) is 0 Å². The maximum Gasteiger partial charge on any atom is 0.172 e. The predicted octanol–water partition coefficient (Wildman–Crippen LogP) is 5.63. The molecule has 0 fully saturated rings. The van der Waals surface area contributed by atoms with Crippen molar-refractivity contribution in [3.05, 3.63) is 74.0 Å². The van der Waals surface area contributed by atoms with Crippen molar-refractivity contribution in [1.29, 1.82) is 5.26 Å². The van der Waals surface area contributed by atoms with Gasteiger partial charge in [0, 0.05) is 28.2 Å². The van der Waals surface area contributed by atoms with E-state index in [-0.39, 0.29) is 0 Å². The summed E-state index contributed by atoms with van der Waals surface area (Å²) >= 11 is 18.1. The van der Waals surface area contributed by atoms with E-state index in [4.69, 9.17) is 44.8 Å². The van der Waals surface area contributed by atoms with Crippen LogP contribution in [0.15, 0.2) is 36.4 Å². The van der Waals surface area contributed by atoms with Gasteiger partial charge in [-0.1, -0.05) is 40.9 Å². The Morgan fingerprint density at radius 1 is 1.11 bits per heavy atom. The first-order valence-electron chi connectivity index (χ1n) is 8.03. The van der Waals surface area contributed by atoms with Crippen LogP contribution in [-0.4, -0.2) is 10.2 Å². The zero-order valence-corrected chi connectivity index (χ0v) is 16.6. The molecule has 0 bridgehead atoms. The minimum Gasteiger partial charge on any atom is -0.453 e. The second-order valence-corrected chi connectivity index (χ2v) is 7.13. The second kappa shape index (κ2) is 8.64. The molecule has 27 heavy (non-hydrogen) atoms. The molecule has 0 aliphatic carbocycles. The summed E-state index contributed by atoms with van der Waals surface area (Å²) in [7, 11) is 0. The van der Waals surface area contributed by atoms with Crippen LogP contribution in [0.4, 0.5) is 0 Å². The van der Waals surface area contributed by atoms with Gasteiger partial charge in [-0.3, -0.25) is 5.10 Å². The molecule has 0 amide bonds. The van der Waals surface area contributed by atoms with Crippen molar-refractivity contribution < 1.29 is 4.74 Å². The number of nitrogens with one attached hydrogen (secondary N) is 2. The molecule has 8 heteroatoms. The van der Waals surface area contributed by atoms with Crippen LogP contribution in [-0.2, 0) is 13.1 Å². The number of ether oxygens (including phenoxy) is 1. The number of hydrogen-bond acceptors (Lipinski definition) is 4. The molecular formula is C19H15Cl3N4O. The lowest BCUT2D eigenvalue weighted by molar-refractivity contribution is 0.469. The Labute approximate surface area is 171 Å². The summed E-state index contributed by atoms with van der Waals surface area (Å²) in [6.07, 6.45) is 0. The molecule has 0 saturated carbocycles. The Hall–Kier alpha value is -2.23. The molecule has 0 saturated heterocycles. The van der Waals surface area contributed by atoms with Crippen molar-refractivity contribution in [2.24, 2.45) is 0 Å². The van der Waals surface area contributed by atoms with E-state index in [0.29, 0.717) is 50.9 Å². The molecule has 2 aromatic carbocycles. The van der Waals surface area contributed by atoms with Crippen molar-refractivity contribution >= 4 is 34.8 Å². The van der Waals surface area contributed by atoms with Crippen LogP contribution in [0.1, 0.15) is 22.5 Å². The number of H-pyrrole nitrogens is 1. The average Bonchev–Trinajstić information content (AvgIpc) is 2.96. The SMILES string of the molecule is Cc1n[nH]c(CNCc2ccc(Cl)cc2Cl)c1Oc1cc(Cl)cc(C#N)c1. The Morgan fingerprint density at radius 2 is 1.93 bits per heavy atom. The van der Waals surface area contributed by atoms with Crippen molar-refractivity contribution in [3.63, 3.8) is 0 Å². The quantitative estimate of drug-likeness (QED) is 0.541. The first-order valence-corrected chi connectivity index (χ1v) is 9.16.